The van der Waals surface area contributed by atoms with Crippen LogP contribution in [-0.2, 0) is 0 Å². The fraction of sp³-hybridized carbons (Fsp3) is 0. The zero-order chi connectivity index (χ0) is 28.1. The highest BCUT2D eigenvalue weighted by atomic mass is 16.5. The Morgan fingerprint density at radius 3 is 1.10 bits per heavy atom. The van der Waals surface area contributed by atoms with Crippen LogP contribution in [0.1, 0.15) is 41.4 Å². The highest BCUT2D eigenvalue weighted by Crippen LogP contribution is 2.44. The van der Waals surface area contributed by atoms with Crippen LogP contribution < -0.4 is 14.2 Å². The van der Waals surface area contributed by atoms with Crippen molar-refractivity contribution in [3.05, 3.63) is 107 Å². The molecule has 0 aromatic heterocycles. The molecule has 4 N–H and O–H groups in total. The van der Waals surface area contributed by atoms with Crippen molar-refractivity contribution in [2.75, 3.05) is 0 Å². The summed E-state index contributed by atoms with van der Waals surface area (Å²) in [5, 5.41) is 38.9. The molecule has 0 amide bonds. The lowest BCUT2D eigenvalue weighted by Gasteiger charge is -2.19. The molecular formula is C28H18O11. The van der Waals surface area contributed by atoms with Gasteiger partial charge in [0.25, 0.3) is 0 Å². The quantitative estimate of drug-likeness (QED) is 0.193. The second kappa shape index (κ2) is 11.0. The summed E-state index contributed by atoms with van der Waals surface area (Å²) in [6.07, 6.45) is 0. The lowest BCUT2D eigenvalue weighted by Crippen LogP contribution is -2.12. The number of carboxylic acid groups (broad SMARTS) is 4. The van der Waals surface area contributed by atoms with Gasteiger partial charge >= 0.3 is 23.9 Å². The molecule has 0 saturated carbocycles. The number of benzene rings is 4. The molecule has 0 bridgehead atoms. The van der Waals surface area contributed by atoms with Crippen LogP contribution in [0.2, 0.25) is 0 Å². The summed E-state index contributed by atoms with van der Waals surface area (Å²) in [4.78, 5) is 47.8. The predicted molar refractivity (Wildman–Crippen MR) is 134 cm³/mol. The highest BCUT2D eigenvalue weighted by molar-refractivity contribution is 6.05. The number of para-hydroxylation sites is 2. The molecule has 39 heavy (non-hydrogen) atoms. The average molecular weight is 530 g/mol. The first-order valence-corrected chi connectivity index (χ1v) is 11.1. The Hall–Kier alpha value is -5.84. The standard InChI is InChI=1S/C28H18O11/c29-25(30)17-11-13-19(23(21(17)27(33)34)37-15-7-3-1-4-8-15)39-20-14-12-18(26(31)32)22(28(35)36)24(20)38-16-9-5-2-6-10-16/h1-14H,(H,29,30)(H,31,32)(H,33,34)(H,35,36). The molecule has 0 heterocycles. The Balaban J connectivity index is 1.94. The number of carbonyl (C=O) groups is 4. The minimum atomic E-state index is -1.63. The minimum Gasteiger partial charge on any atom is -0.478 e. The molecule has 0 saturated heterocycles. The van der Waals surface area contributed by atoms with E-state index in [-0.39, 0.29) is 23.0 Å². The van der Waals surface area contributed by atoms with E-state index in [1.807, 2.05) is 0 Å². The molecule has 0 aliphatic carbocycles. The van der Waals surface area contributed by atoms with E-state index in [2.05, 4.69) is 0 Å². The molecule has 0 atom stereocenters. The van der Waals surface area contributed by atoms with Crippen molar-refractivity contribution in [3.8, 4) is 34.5 Å². The van der Waals surface area contributed by atoms with E-state index in [4.69, 9.17) is 14.2 Å². The molecule has 4 aromatic rings. The topological polar surface area (TPSA) is 177 Å². The molecule has 11 heteroatoms. The van der Waals surface area contributed by atoms with Crippen molar-refractivity contribution in [2.24, 2.45) is 0 Å². The molecule has 11 nitrogen and oxygen atoms in total. The van der Waals surface area contributed by atoms with Crippen LogP contribution in [0.3, 0.4) is 0 Å². The van der Waals surface area contributed by atoms with Gasteiger partial charge in [0.1, 0.15) is 22.6 Å². The molecule has 0 aliphatic rings. The Labute approximate surface area is 219 Å². The second-order valence-electron chi connectivity index (χ2n) is 7.78. The third kappa shape index (κ3) is 5.62. The van der Waals surface area contributed by atoms with Gasteiger partial charge in [0.2, 0.25) is 0 Å². The highest BCUT2D eigenvalue weighted by Gasteiger charge is 2.29. The molecule has 0 spiro atoms. The van der Waals surface area contributed by atoms with Crippen molar-refractivity contribution in [1.29, 1.82) is 0 Å². The molecular weight excluding hydrogens is 512 g/mol. The summed E-state index contributed by atoms with van der Waals surface area (Å²) in [6, 6.07) is 20.0. The van der Waals surface area contributed by atoms with E-state index in [1.54, 1.807) is 36.4 Å². The Morgan fingerprint density at radius 1 is 0.436 bits per heavy atom. The van der Waals surface area contributed by atoms with Crippen LogP contribution in [0.25, 0.3) is 0 Å². The molecule has 0 fully saturated rings. The average Bonchev–Trinajstić information content (AvgIpc) is 2.90. The van der Waals surface area contributed by atoms with E-state index < -0.39 is 57.6 Å². The van der Waals surface area contributed by atoms with Gasteiger partial charge in [-0.2, -0.15) is 0 Å². The number of carboxylic acids is 4. The first-order chi connectivity index (χ1) is 18.7. The van der Waals surface area contributed by atoms with Crippen LogP contribution in [0, 0.1) is 0 Å². The summed E-state index contributed by atoms with van der Waals surface area (Å²) in [6.45, 7) is 0. The van der Waals surface area contributed by atoms with Gasteiger partial charge in [0.05, 0.1) is 11.1 Å². The third-order valence-corrected chi connectivity index (χ3v) is 5.28. The SMILES string of the molecule is O=C(O)c1ccc(Oc2ccc(C(=O)O)c(C(=O)O)c2Oc2ccccc2)c(Oc2ccccc2)c1C(=O)O. The van der Waals surface area contributed by atoms with E-state index in [0.717, 1.165) is 24.3 Å². The monoisotopic (exact) mass is 530 g/mol. The lowest BCUT2D eigenvalue weighted by atomic mass is 10.0. The number of hydrogen-bond donors (Lipinski definition) is 4. The van der Waals surface area contributed by atoms with Crippen molar-refractivity contribution >= 4 is 23.9 Å². The largest absolute Gasteiger partial charge is 0.478 e. The molecule has 0 unspecified atom stereocenters. The normalized spacial score (nSPS) is 10.4. The van der Waals surface area contributed by atoms with Crippen LogP contribution in [-0.4, -0.2) is 44.3 Å². The fourth-order valence-electron chi connectivity index (χ4n) is 3.60. The summed E-state index contributed by atoms with van der Waals surface area (Å²) in [7, 11) is 0. The first-order valence-electron chi connectivity index (χ1n) is 11.1. The molecule has 0 radical (unpaired) electrons. The van der Waals surface area contributed by atoms with E-state index in [9.17, 15) is 39.6 Å². The molecule has 4 aromatic carbocycles. The van der Waals surface area contributed by atoms with E-state index in [1.165, 1.54) is 24.3 Å². The van der Waals surface area contributed by atoms with Gasteiger partial charge < -0.3 is 34.6 Å². The maximum absolute atomic E-state index is 12.1. The van der Waals surface area contributed by atoms with Crippen LogP contribution in [0.5, 0.6) is 34.5 Å². The summed E-state index contributed by atoms with van der Waals surface area (Å²) in [5.74, 6) is -7.61. The summed E-state index contributed by atoms with van der Waals surface area (Å²) < 4.78 is 17.4. The number of hydrogen-bond acceptors (Lipinski definition) is 7. The number of aromatic carboxylic acids is 4. The van der Waals surface area contributed by atoms with Gasteiger partial charge in [-0.15, -0.1) is 0 Å². The van der Waals surface area contributed by atoms with Gasteiger partial charge in [-0.1, -0.05) is 36.4 Å². The number of ether oxygens (including phenoxy) is 3. The molecule has 0 aliphatic heterocycles. The maximum Gasteiger partial charge on any atom is 0.340 e. The van der Waals surface area contributed by atoms with Crippen molar-refractivity contribution in [2.45, 2.75) is 0 Å². The van der Waals surface area contributed by atoms with Gasteiger partial charge in [-0.05, 0) is 48.5 Å². The Kier molecular flexibility index (Phi) is 7.43. The van der Waals surface area contributed by atoms with Crippen molar-refractivity contribution in [1.82, 2.24) is 0 Å². The molecule has 196 valence electrons. The zero-order valence-corrected chi connectivity index (χ0v) is 19.7. The van der Waals surface area contributed by atoms with Crippen molar-refractivity contribution < 1.29 is 53.8 Å². The van der Waals surface area contributed by atoms with Gasteiger partial charge in [0, 0.05) is 0 Å². The zero-order valence-electron chi connectivity index (χ0n) is 19.7. The Morgan fingerprint density at radius 2 is 0.795 bits per heavy atom. The van der Waals surface area contributed by atoms with Gasteiger partial charge in [0.15, 0.2) is 23.0 Å². The minimum absolute atomic E-state index is 0.153. The first kappa shape index (κ1) is 26.2. The van der Waals surface area contributed by atoms with Crippen LogP contribution >= 0.6 is 0 Å². The smallest absolute Gasteiger partial charge is 0.340 e. The number of rotatable bonds is 10. The van der Waals surface area contributed by atoms with Gasteiger partial charge in [-0.3, -0.25) is 0 Å². The van der Waals surface area contributed by atoms with Crippen LogP contribution in [0.4, 0.5) is 0 Å². The lowest BCUT2D eigenvalue weighted by molar-refractivity contribution is 0.0648. The van der Waals surface area contributed by atoms with Crippen molar-refractivity contribution in [3.63, 3.8) is 0 Å². The maximum atomic E-state index is 12.1. The van der Waals surface area contributed by atoms with Crippen LogP contribution in [0.15, 0.2) is 84.9 Å². The van der Waals surface area contributed by atoms with E-state index in [0.29, 0.717) is 0 Å². The summed E-state index contributed by atoms with van der Waals surface area (Å²) in [5.41, 5.74) is -2.63. The predicted octanol–water partition coefficient (Wildman–Crippen LogP) is 5.86. The second-order valence-corrected chi connectivity index (χ2v) is 7.78. The molecule has 4 rings (SSSR count). The van der Waals surface area contributed by atoms with E-state index >= 15 is 0 Å². The summed E-state index contributed by atoms with van der Waals surface area (Å²) >= 11 is 0. The Bertz CT molecular complexity index is 1460. The third-order valence-electron chi connectivity index (χ3n) is 5.28. The van der Waals surface area contributed by atoms with Gasteiger partial charge in [-0.25, -0.2) is 19.2 Å². The fourth-order valence-corrected chi connectivity index (χ4v) is 3.60.